The molecule has 142 valence electrons. The van der Waals surface area contributed by atoms with E-state index in [4.69, 9.17) is 15.9 Å². The van der Waals surface area contributed by atoms with Crippen molar-refractivity contribution in [2.24, 2.45) is 11.7 Å². The van der Waals surface area contributed by atoms with Gasteiger partial charge < -0.3 is 15.4 Å². The molecule has 0 spiro atoms. The summed E-state index contributed by atoms with van der Waals surface area (Å²) in [5.41, 5.74) is 5.09. The standard InChI is InChI=1S/C17H31N5O3/c1-17(2,3)25-16(24)22-8-4-5-13(22)14(23)20-15(19)21-9-6-12(11-18)7-10-21/h12-13H,4-11,18H2,1-3H3,(H2,19,20,23)/t13-/m0/s1. The van der Waals surface area contributed by atoms with Gasteiger partial charge in [-0.3, -0.25) is 20.4 Å². The van der Waals surface area contributed by atoms with Gasteiger partial charge in [0, 0.05) is 19.6 Å². The maximum atomic E-state index is 12.6. The van der Waals surface area contributed by atoms with Crippen LogP contribution in [-0.4, -0.2) is 65.6 Å². The van der Waals surface area contributed by atoms with Gasteiger partial charge in [0.15, 0.2) is 5.96 Å². The molecule has 2 rings (SSSR count). The molecule has 0 bridgehead atoms. The molecule has 1 atom stereocenters. The fourth-order valence-corrected chi connectivity index (χ4v) is 3.25. The van der Waals surface area contributed by atoms with Crippen LogP contribution < -0.4 is 11.1 Å². The fraction of sp³-hybridized carbons (Fsp3) is 0.824. The third kappa shape index (κ3) is 5.32. The summed E-state index contributed by atoms with van der Waals surface area (Å²) >= 11 is 0. The summed E-state index contributed by atoms with van der Waals surface area (Å²) in [5.74, 6) is 0.295. The topological polar surface area (TPSA) is 112 Å². The zero-order chi connectivity index (χ0) is 18.6. The Morgan fingerprint density at radius 2 is 1.84 bits per heavy atom. The predicted molar refractivity (Wildman–Crippen MR) is 95.2 cm³/mol. The SMILES string of the molecule is CC(C)(C)OC(=O)N1CCC[C@H]1C(=O)NC(=N)N1CCC(CN)CC1. The zero-order valence-corrected chi connectivity index (χ0v) is 15.5. The van der Waals surface area contributed by atoms with E-state index < -0.39 is 17.7 Å². The van der Waals surface area contributed by atoms with Crippen LogP contribution in [0.1, 0.15) is 46.5 Å². The molecule has 0 aromatic rings. The van der Waals surface area contributed by atoms with Crippen molar-refractivity contribution >= 4 is 18.0 Å². The van der Waals surface area contributed by atoms with Crippen molar-refractivity contribution in [3.05, 3.63) is 0 Å². The van der Waals surface area contributed by atoms with E-state index in [2.05, 4.69) is 5.32 Å². The lowest BCUT2D eigenvalue weighted by Gasteiger charge is -2.33. The molecule has 8 heteroatoms. The molecule has 2 saturated heterocycles. The van der Waals surface area contributed by atoms with Gasteiger partial charge in [-0.2, -0.15) is 0 Å². The first-order valence-corrected chi connectivity index (χ1v) is 9.05. The maximum absolute atomic E-state index is 12.6. The number of carbonyl (C=O) groups excluding carboxylic acids is 2. The lowest BCUT2D eigenvalue weighted by molar-refractivity contribution is -0.124. The second-order valence-corrected chi connectivity index (χ2v) is 7.84. The van der Waals surface area contributed by atoms with E-state index >= 15 is 0 Å². The number of hydrogen-bond acceptors (Lipinski definition) is 5. The average molecular weight is 353 g/mol. The molecule has 4 N–H and O–H groups in total. The minimum Gasteiger partial charge on any atom is -0.444 e. The van der Waals surface area contributed by atoms with Gasteiger partial charge in [0.25, 0.3) is 0 Å². The van der Waals surface area contributed by atoms with Gasteiger partial charge in [0.05, 0.1) is 0 Å². The van der Waals surface area contributed by atoms with Crippen molar-refractivity contribution in [3.8, 4) is 0 Å². The van der Waals surface area contributed by atoms with E-state index in [1.165, 1.54) is 4.90 Å². The van der Waals surface area contributed by atoms with Crippen molar-refractivity contribution in [1.29, 1.82) is 5.41 Å². The maximum Gasteiger partial charge on any atom is 0.410 e. The largest absolute Gasteiger partial charge is 0.444 e. The van der Waals surface area contributed by atoms with Crippen LogP contribution in [0.5, 0.6) is 0 Å². The van der Waals surface area contributed by atoms with Gasteiger partial charge in [-0.25, -0.2) is 4.79 Å². The highest BCUT2D eigenvalue weighted by Crippen LogP contribution is 2.21. The molecule has 2 heterocycles. The monoisotopic (exact) mass is 353 g/mol. The minimum absolute atomic E-state index is 0.108. The molecular weight excluding hydrogens is 322 g/mol. The van der Waals surface area contributed by atoms with E-state index in [-0.39, 0.29) is 11.9 Å². The molecule has 2 amide bonds. The number of hydrogen-bond donors (Lipinski definition) is 3. The molecule has 2 aliphatic heterocycles. The van der Waals surface area contributed by atoms with Gasteiger partial charge >= 0.3 is 6.09 Å². The number of nitrogens with two attached hydrogens (primary N) is 1. The van der Waals surface area contributed by atoms with Crippen molar-refractivity contribution in [2.75, 3.05) is 26.2 Å². The molecule has 0 saturated carbocycles. The Labute approximate surface area is 149 Å². The average Bonchev–Trinajstić information content (AvgIpc) is 3.03. The second kappa shape index (κ2) is 8.03. The zero-order valence-electron chi connectivity index (χ0n) is 15.5. The molecule has 0 aliphatic carbocycles. The predicted octanol–water partition coefficient (Wildman–Crippen LogP) is 1.11. The molecule has 2 aliphatic rings. The summed E-state index contributed by atoms with van der Waals surface area (Å²) in [6, 6.07) is -0.572. The molecule has 0 radical (unpaired) electrons. The smallest absolute Gasteiger partial charge is 0.410 e. The molecular formula is C17H31N5O3. The van der Waals surface area contributed by atoms with Crippen molar-refractivity contribution in [3.63, 3.8) is 0 Å². The first-order valence-electron chi connectivity index (χ1n) is 9.05. The van der Waals surface area contributed by atoms with Crippen LogP contribution >= 0.6 is 0 Å². The summed E-state index contributed by atoms with van der Waals surface area (Å²) in [6.45, 7) is 8.02. The number of nitrogens with one attached hydrogen (secondary N) is 2. The summed E-state index contributed by atoms with van der Waals surface area (Å²) in [6.07, 6.45) is 2.74. The quantitative estimate of drug-likeness (QED) is 0.508. The number of rotatable bonds is 2. The van der Waals surface area contributed by atoms with E-state index in [0.29, 0.717) is 25.4 Å². The highest BCUT2D eigenvalue weighted by Gasteiger charge is 2.37. The number of amides is 2. The van der Waals surface area contributed by atoms with Crippen LogP contribution in [0.2, 0.25) is 0 Å². The number of likely N-dealkylation sites (tertiary alicyclic amines) is 2. The van der Waals surface area contributed by atoms with Crippen molar-refractivity contribution in [1.82, 2.24) is 15.1 Å². The van der Waals surface area contributed by atoms with Gasteiger partial charge in [-0.05, 0) is 58.9 Å². The third-order valence-electron chi connectivity index (χ3n) is 4.69. The van der Waals surface area contributed by atoms with Crippen LogP contribution in [0.4, 0.5) is 4.79 Å². The van der Waals surface area contributed by atoms with Gasteiger partial charge in [-0.1, -0.05) is 0 Å². The van der Waals surface area contributed by atoms with E-state index in [0.717, 1.165) is 32.4 Å². The Hall–Kier alpha value is -1.83. The van der Waals surface area contributed by atoms with Crippen LogP contribution in [0.25, 0.3) is 0 Å². The van der Waals surface area contributed by atoms with E-state index in [1.807, 2.05) is 4.90 Å². The summed E-state index contributed by atoms with van der Waals surface area (Å²) < 4.78 is 5.38. The summed E-state index contributed by atoms with van der Waals surface area (Å²) in [4.78, 5) is 28.2. The Morgan fingerprint density at radius 3 is 2.40 bits per heavy atom. The van der Waals surface area contributed by atoms with Gasteiger partial charge in [0.1, 0.15) is 11.6 Å². The highest BCUT2D eigenvalue weighted by molar-refractivity contribution is 5.99. The van der Waals surface area contributed by atoms with Crippen molar-refractivity contribution < 1.29 is 14.3 Å². The third-order valence-corrected chi connectivity index (χ3v) is 4.69. The van der Waals surface area contributed by atoms with Crippen LogP contribution in [0, 0.1) is 11.3 Å². The van der Waals surface area contributed by atoms with Gasteiger partial charge in [0.2, 0.25) is 5.91 Å². The molecule has 8 nitrogen and oxygen atoms in total. The van der Waals surface area contributed by atoms with Crippen LogP contribution in [0.3, 0.4) is 0 Å². The first-order chi connectivity index (χ1) is 11.7. The fourth-order valence-electron chi connectivity index (χ4n) is 3.25. The summed E-state index contributed by atoms with van der Waals surface area (Å²) in [7, 11) is 0. The van der Waals surface area contributed by atoms with Crippen LogP contribution in [-0.2, 0) is 9.53 Å². The van der Waals surface area contributed by atoms with E-state index in [9.17, 15) is 9.59 Å². The molecule has 2 fully saturated rings. The van der Waals surface area contributed by atoms with E-state index in [1.54, 1.807) is 20.8 Å². The Morgan fingerprint density at radius 1 is 1.20 bits per heavy atom. The number of carbonyl (C=O) groups is 2. The molecule has 0 aromatic carbocycles. The Kier molecular flexibility index (Phi) is 6.26. The number of guanidine groups is 1. The molecule has 25 heavy (non-hydrogen) atoms. The Balaban J connectivity index is 1.88. The first kappa shape index (κ1) is 19.5. The lowest BCUT2D eigenvalue weighted by Crippen LogP contribution is -2.53. The molecule has 0 unspecified atom stereocenters. The number of nitrogens with zero attached hydrogens (tertiary/aromatic N) is 2. The second-order valence-electron chi connectivity index (χ2n) is 7.84. The molecule has 0 aromatic heterocycles. The summed E-state index contributed by atoms with van der Waals surface area (Å²) in [5, 5.41) is 10.8. The Bertz CT molecular complexity index is 509. The van der Waals surface area contributed by atoms with Crippen molar-refractivity contribution in [2.45, 2.75) is 58.1 Å². The number of ether oxygens (including phenoxy) is 1. The highest BCUT2D eigenvalue weighted by atomic mass is 16.6. The minimum atomic E-state index is -0.596. The normalized spacial score (nSPS) is 22.0. The lowest BCUT2D eigenvalue weighted by atomic mass is 9.97. The van der Waals surface area contributed by atoms with Crippen LogP contribution in [0.15, 0.2) is 0 Å². The van der Waals surface area contributed by atoms with Gasteiger partial charge in [-0.15, -0.1) is 0 Å². The number of piperidine rings is 1.